The normalized spacial score (nSPS) is 12.8. The molecule has 4 aromatic rings. The molecular weight excluding hydrogens is 446 g/mol. The van der Waals surface area contributed by atoms with E-state index in [0.717, 1.165) is 29.8 Å². The molecule has 1 aliphatic rings. The lowest BCUT2D eigenvalue weighted by atomic mass is 9.99. The molecule has 1 saturated heterocycles. The Kier molecular flexibility index (Phi) is 7.08. The van der Waals surface area contributed by atoms with E-state index in [9.17, 15) is 9.59 Å². The summed E-state index contributed by atoms with van der Waals surface area (Å²) in [5, 5.41) is 5.93. The molecule has 180 valence electrons. The van der Waals surface area contributed by atoms with E-state index in [4.69, 9.17) is 0 Å². The monoisotopic (exact) mass is 475 g/mol. The maximum atomic E-state index is 13.1. The highest BCUT2D eigenvalue weighted by Gasteiger charge is 2.14. The summed E-state index contributed by atoms with van der Waals surface area (Å²) in [5.41, 5.74) is 5.78. The van der Waals surface area contributed by atoms with Crippen molar-refractivity contribution in [2.24, 2.45) is 0 Å². The molecule has 0 saturated carbocycles. The number of carbonyl (C=O) groups excluding carboxylic acids is 2. The maximum absolute atomic E-state index is 13.1. The quantitative estimate of drug-likeness (QED) is 0.338. The largest absolute Gasteiger partial charge is 0.372 e. The molecule has 0 spiro atoms. The highest BCUT2D eigenvalue weighted by Crippen LogP contribution is 2.25. The van der Waals surface area contributed by atoms with Crippen molar-refractivity contribution in [3.63, 3.8) is 0 Å². The van der Waals surface area contributed by atoms with Gasteiger partial charge in [-0.1, -0.05) is 66.7 Å². The summed E-state index contributed by atoms with van der Waals surface area (Å²) in [6.45, 7) is 2.67. The lowest BCUT2D eigenvalue weighted by Crippen LogP contribution is -2.23. The van der Waals surface area contributed by atoms with Gasteiger partial charge >= 0.3 is 0 Å². The van der Waals surface area contributed by atoms with Gasteiger partial charge in [-0.15, -0.1) is 0 Å². The van der Waals surface area contributed by atoms with Crippen LogP contribution in [0.1, 0.15) is 39.1 Å². The van der Waals surface area contributed by atoms with Gasteiger partial charge in [0.15, 0.2) is 0 Å². The summed E-state index contributed by atoms with van der Waals surface area (Å²) < 4.78 is 0. The Bertz CT molecular complexity index is 1340. The molecule has 5 heteroatoms. The van der Waals surface area contributed by atoms with Crippen LogP contribution in [0, 0.1) is 0 Å². The van der Waals surface area contributed by atoms with Crippen LogP contribution in [0.4, 0.5) is 11.4 Å². The zero-order valence-corrected chi connectivity index (χ0v) is 20.1. The van der Waals surface area contributed by atoms with Crippen LogP contribution in [-0.4, -0.2) is 24.9 Å². The van der Waals surface area contributed by atoms with E-state index in [1.807, 2.05) is 54.6 Å². The fraction of sp³-hybridized carbons (Fsp3) is 0.161. The maximum Gasteiger partial charge on any atom is 0.256 e. The second kappa shape index (κ2) is 10.9. The van der Waals surface area contributed by atoms with Gasteiger partial charge in [-0.25, -0.2) is 0 Å². The fourth-order valence-corrected chi connectivity index (χ4v) is 4.57. The zero-order valence-electron chi connectivity index (χ0n) is 20.1. The first-order valence-electron chi connectivity index (χ1n) is 12.4. The minimum absolute atomic E-state index is 0.181. The summed E-state index contributed by atoms with van der Waals surface area (Å²) in [7, 11) is 0. The summed E-state index contributed by atoms with van der Waals surface area (Å²) in [6, 6.07) is 32.7. The molecule has 0 aliphatic carbocycles. The van der Waals surface area contributed by atoms with Crippen molar-refractivity contribution >= 4 is 23.2 Å². The molecule has 1 heterocycles. The van der Waals surface area contributed by atoms with Gasteiger partial charge < -0.3 is 15.5 Å². The first kappa shape index (κ1) is 23.4. The molecule has 36 heavy (non-hydrogen) atoms. The van der Waals surface area contributed by atoms with Crippen molar-refractivity contribution in [2.45, 2.75) is 19.4 Å². The van der Waals surface area contributed by atoms with E-state index in [0.29, 0.717) is 23.4 Å². The lowest BCUT2D eigenvalue weighted by molar-refractivity contribution is 0.0949. The average molecular weight is 476 g/mol. The van der Waals surface area contributed by atoms with Gasteiger partial charge in [0.25, 0.3) is 11.8 Å². The van der Waals surface area contributed by atoms with Crippen molar-refractivity contribution in [2.75, 3.05) is 23.3 Å². The van der Waals surface area contributed by atoms with Crippen LogP contribution in [0.2, 0.25) is 0 Å². The molecule has 5 rings (SSSR count). The van der Waals surface area contributed by atoms with Crippen LogP contribution < -0.4 is 15.5 Å². The Balaban J connectivity index is 1.23. The number of nitrogens with one attached hydrogen (secondary N) is 2. The number of carbonyl (C=O) groups is 2. The van der Waals surface area contributed by atoms with Gasteiger partial charge in [-0.3, -0.25) is 9.59 Å². The minimum Gasteiger partial charge on any atom is -0.372 e. The van der Waals surface area contributed by atoms with E-state index in [1.165, 1.54) is 18.5 Å². The number of amides is 2. The highest BCUT2D eigenvalue weighted by molar-refractivity contribution is 6.09. The number of hydrogen-bond acceptors (Lipinski definition) is 3. The molecule has 1 aliphatic heterocycles. The fourth-order valence-electron chi connectivity index (χ4n) is 4.57. The average Bonchev–Trinajstić information content (AvgIpc) is 3.48. The molecule has 5 nitrogen and oxygen atoms in total. The second-order valence-electron chi connectivity index (χ2n) is 8.99. The van der Waals surface area contributed by atoms with Gasteiger partial charge in [-0.2, -0.15) is 0 Å². The van der Waals surface area contributed by atoms with Gasteiger partial charge in [0.2, 0.25) is 0 Å². The summed E-state index contributed by atoms with van der Waals surface area (Å²) in [6.07, 6.45) is 2.49. The van der Waals surface area contributed by atoms with Crippen LogP contribution in [-0.2, 0) is 6.54 Å². The SMILES string of the molecule is O=C(NCc1ccc(N2CCCC2)cc1)c1cccc(NC(=O)c2ccccc2-c2ccccc2)c1. The smallest absolute Gasteiger partial charge is 0.256 e. The Morgan fingerprint density at radius 1 is 0.722 bits per heavy atom. The van der Waals surface area contributed by atoms with Crippen LogP contribution in [0.3, 0.4) is 0 Å². The number of hydrogen-bond donors (Lipinski definition) is 2. The molecule has 2 amide bonds. The van der Waals surface area contributed by atoms with E-state index in [-0.39, 0.29) is 11.8 Å². The lowest BCUT2D eigenvalue weighted by Gasteiger charge is -2.17. The molecule has 1 fully saturated rings. The zero-order chi connectivity index (χ0) is 24.7. The van der Waals surface area contributed by atoms with Crippen molar-refractivity contribution in [1.29, 1.82) is 0 Å². The minimum atomic E-state index is -0.217. The van der Waals surface area contributed by atoms with Crippen molar-refractivity contribution in [3.05, 3.63) is 120 Å². The molecule has 0 atom stereocenters. The topological polar surface area (TPSA) is 61.4 Å². The van der Waals surface area contributed by atoms with Crippen molar-refractivity contribution in [3.8, 4) is 11.1 Å². The van der Waals surface area contributed by atoms with Gasteiger partial charge in [0, 0.05) is 42.1 Å². The van der Waals surface area contributed by atoms with Gasteiger partial charge in [0.1, 0.15) is 0 Å². The highest BCUT2D eigenvalue weighted by atomic mass is 16.2. The van der Waals surface area contributed by atoms with E-state index < -0.39 is 0 Å². The predicted molar refractivity (Wildman–Crippen MR) is 145 cm³/mol. The second-order valence-corrected chi connectivity index (χ2v) is 8.99. The number of rotatable bonds is 7. The third-order valence-corrected chi connectivity index (χ3v) is 6.50. The van der Waals surface area contributed by atoms with Crippen LogP contribution in [0.15, 0.2) is 103 Å². The Morgan fingerprint density at radius 3 is 2.22 bits per heavy atom. The van der Waals surface area contributed by atoms with Crippen LogP contribution >= 0.6 is 0 Å². The standard InChI is InChI=1S/C31H29N3O2/c35-30(32-22-23-15-17-27(18-16-23)34-19-6-7-20-34)25-11-8-12-26(21-25)33-31(36)29-14-5-4-13-28(29)24-9-2-1-3-10-24/h1-5,8-18,21H,6-7,19-20,22H2,(H,32,35)(H,33,36). The van der Waals surface area contributed by atoms with Gasteiger partial charge in [-0.05, 0) is 65.9 Å². The van der Waals surface area contributed by atoms with Crippen molar-refractivity contribution < 1.29 is 9.59 Å². The molecule has 0 radical (unpaired) electrons. The molecular formula is C31H29N3O2. The van der Waals surface area contributed by atoms with Gasteiger partial charge in [0.05, 0.1) is 0 Å². The predicted octanol–water partition coefficient (Wildman–Crippen LogP) is 6.14. The first-order chi connectivity index (χ1) is 17.7. The summed E-state index contributed by atoms with van der Waals surface area (Å²) in [4.78, 5) is 28.3. The number of anilines is 2. The molecule has 0 aromatic heterocycles. The Labute approximate surface area is 211 Å². The summed E-state index contributed by atoms with van der Waals surface area (Å²) in [5.74, 6) is -0.399. The van der Waals surface area contributed by atoms with Crippen LogP contribution in [0.5, 0.6) is 0 Å². The van der Waals surface area contributed by atoms with E-state index in [1.54, 1.807) is 24.3 Å². The Hall–Kier alpha value is -4.38. The molecule has 4 aromatic carbocycles. The van der Waals surface area contributed by atoms with E-state index in [2.05, 4.69) is 39.8 Å². The number of nitrogens with zero attached hydrogens (tertiary/aromatic N) is 1. The van der Waals surface area contributed by atoms with E-state index >= 15 is 0 Å². The first-order valence-corrected chi connectivity index (χ1v) is 12.4. The Morgan fingerprint density at radius 2 is 1.44 bits per heavy atom. The molecule has 0 unspecified atom stereocenters. The number of benzene rings is 4. The molecule has 0 bridgehead atoms. The van der Waals surface area contributed by atoms with Crippen LogP contribution in [0.25, 0.3) is 11.1 Å². The third kappa shape index (κ3) is 5.47. The van der Waals surface area contributed by atoms with Crippen molar-refractivity contribution in [1.82, 2.24) is 5.32 Å². The summed E-state index contributed by atoms with van der Waals surface area (Å²) >= 11 is 0. The molecule has 2 N–H and O–H groups in total. The third-order valence-electron chi connectivity index (χ3n) is 6.50.